The second kappa shape index (κ2) is 8.52. The number of aryl methyl sites for hydroxylation is 1. The Hall–Kier alpha value is -2.11. The Morgan fingerprint density at radius 1 is 1.23 bits per heavy atom. The summed E-state index contributed by atoms with van der Waals surface area (Å²) in [5, 5.41) is 0. The van der Waals surface area contributed by atoms with E-state index < -0.39 is 12.0 Å². The van der Waals surface area contributed by atoms with Gasteiger partial charge in [0.1, 0.15) is 5.69 Å². The molecule has 1 aliphatic rings. The van der Waals surface area contributed by atoms with Gasteiger partial charge in [0, 0.05) is 23.7 Å². The van der Waals surface area contributed by atoms with Crippen LogP contribution in [-0.4, -0.2) is 47.2 Å². The van der Waals surface area contributed by atoms with Crippen LogP contribution in [0.3, 0.4) is 0 Å². The zero-order valence-electron chi connectivity index (χ0n) is 16.5. The molecule has 1 heterocycles. The van der Waals surface area contributed by atoms with Gasteiger partial charge in [0.05, 0.1) is 13.2 Å². The molecule has 1 aromatic rings. The van der Waals surface area contributed by atoms with Gasteiger partial charge in [0.15, 0.2) is 5.78 Å². The van der Waals surface area contributed by atoms with E-state index in [9.17, 15) is 14.4 Å². The number of aromatic nitrogens is 1. The molecular weight excluding hydrogens is 332 g/mol. The second-order valence-electron chi connectivity index (χ2n) is 7.17. The number of esters is 1. The van der Waals surface area contributed by atoms with Gasteiger partial charge < -0.3 is 14.6 Å². The third-order valence-electron chi connectivity index (χ3n) is 5.37. The Bertz CT molecular complexity index is 686. The minimum atomic E-state index is -0.554. The lowest BCUT2D eigenvalue weighted by molar-refractivity contribution is -0.136. The first-order valence-electron chi connectivity index (χ1n) is 9.45. The van der Waals surface area contributed by atoms with Crippen molar-refractivity contribution in [2.24, 2.45) is 5.92 Å². The molecule has 0 spiro atoms. The van der Waals surface area contributed by atoms with Crippen LogP contribution < -0.4 is 0 Å². The van der Waals surface area contributed by atoms with Crippen LogP contribution in [0.4, 0.5) is 0 Å². The molecule has 1 unspecified atom stereocenters. The first kappa shape index (κ1) is 20.2. The largest absolute Gasteiger partial charge is 0.464 e. The second-order valence-corrected chi connectivity index (χ2v) is 7.17. The van der Waals surface area contributed by atoms with Crippen LogP contribution in [-0.2, 0) is 9.53 Å². The normalized spacial score (nSPS) is 15.7. The lowest BCUT2D eigenvalue weighted by atomic mass is 9.98. The van der Waals surface area contributed by atoms with Crippen molar-refractivity contribution in [2.75, 3.05) is 13.7 Å². The van der Waals surface area contributed by atoms with Crippen LogP contribution in [0.2, 0.25) is 0 Å². The average molecular weight is 362 g/mol. The Labute approximate surface area is 155 Å². The molecular formula is C20H30N2O4. The summed E-state index contributed by atoms with van der Waals surface area (Å²) in [4.78, 5) is 42.7. The molecule has 1 amide bonds. The molecule has 6 nitrogen and oxygen atoms in total. The number of ether oxygens (including phenoxy) is 1. The van der Waals surface area contributed by atoms with Gasteiger partial charge in [-0.05, 0) is 45.6 Å². The number of hydrogen-bond donors (Lipinski definition) is 1. The number of rotatable bonds is 7. The van der Waals surface area contributed by atoms with Crippen LogP contribution in [0.15, 0.2) is 0 Å². The molecule has 0 bridgehead atoms. The SMILES string of the molecule is CCCN(C(=O)C1CCCC1)C(C)C(=O)c1c(C)[nH]c(C(=O)OC)c1C. The van der Waals surface area contributed by atoms with E-state index in [2.05, 4.69) is 4.98 Å². The summed E-state index contributed by atoms with van der Waals surface area (Å²) in [6, 6.07) is -0.554. The number of ketones is 1. The van der Waals surface area contributed by atoms with E-state index in [1.54, 1.807) is 25.7 Å². The van der Waals surface area contributed by atoms with E-state index in [0.717, 1.165) is 32.1 Å². The summed E-state index contributed by atoms with van der Waals surface area (Å²) in [6.07, 6.45) is 4.78. The van der Waals surface area contributed by atoms with Crippen LogP contribution in [0.5, 0.6) is 0 Å². The predicted molar refractivity (Wildman–Crippen MR) is 99.4 cm³/mol. The highest BCUT2D eigenvalue weighted by atomic mass is 16.5. The molecule has 6 heteroatoms. The zero-order valence-corrected chi connectivity index (χ0v) is 16.5. The fourth-order valence-corrected chi connectivity index (χ4v) is 3.92. The van der Waals surface area contributed by atoms with Crippen molar-refractivity contribution in [3.63, 3.8) is 0 Å². The molecule has 26 heavy (non-hydrogen) atoms. The third-order valence-corrected chi connectivity index (χ3v) is 5.37. The van der Waals surface area contributed by atoms with Gasteiger partial charge >= 0.3 is 5.97 Å². The van der Waals surface area contributed by atoms with Crippen molar-refractivity contribution in [1.29, 1.82) is 0 Å². The zero-order chi connectivity index (χ0) is 19.4. The van der Waals surface area contributed by atoms with Gasteiger partial charge in [-0.1, -0.05) is 19.8 Å². The first-order chi connectivity index (χ1) is 12.3. The maximum Gasteiger partial charge on any atom is 0.354 e. The lowest BCUT2D eigenvalue weighted by Crippen LogP contribution is -2.46. The number of amides is 1. The Kier molecular flexibility index (Phi) is 6.62. The number of carbonyl (C=O) groups is 3. The molecule has 0 saturated heterocycles. The highest BCUT2D eigenvalue weighted by molar-refractivity contribution is 6.06. The number of aromatic amines is 1. The van der Waals surface area contributed by atoms with E-state index in [1.165, 1.54) is 7.11 Å². The smallest absolute Gasteiger partial charge is 0.354 e. The fourth-order valence-electron chi connectivity index (χ4n) is 3.92. The Morgan fingerprint density at radius 3 is 2.38 bits per heavy atom. The molecule has 0 radical (unpaired) electrons. The number of H-pyrrole nitrogens is 1. The number of hydrogen-bond acceptors (Lipinski definition) is 4. The highest BCUT2D eigenvalue weighted by Gasteiger charge is 2.34. The number of Topliss-reactive ketones (excluding diaryl/α,β-unsaturated/α-hetero) is 1. The quantitative estimate of drug-likeness (QED) is 0.595. The molecule has 1 saturated carbocycles. The third kappa shape index (κ3) is 3.84. The van der Waals surface area contributed by atoms with Crippen molar-refractivity contribution < 1.29 is 19.1 Å². The fraction of sp³-hybridized carbons (Fsp3) is 0.650. The minimum Gasteiger partial charge on any atom is -0.464 e. The summed E-state index contributed by atoms with van der Waals surface area (Å²) in [6.45, 7) is 7.86. The molecule has 144 valence electrons. The summed E-state index contributed by atoms with van der Waals surface area (Å²) in [5.74, 6) is -0.504. The number of methoxy groups -OCH3 is 1. The molecule has 1 N–H and O–H groups in total. The summed E-state index contributed by atoms with van der Waals surface area (Å²) < 4.78 is 4.77. The summed E-state index contributed by atoms with van der Waals surface area (Å²) in [5.41, 5.74) is 1.99. The van der Waals surface area contributed by atoms with Crippen molar-refractivity contribution in [1.82, 2.24) is 9.88 Å². The van der Waals surface area contributed by atoms with Crippen LogP contribution in [0.1, 0.15) is 78.1 Å². The van der Waals surface area contributed by atoms with Gasteiger partial charge in [-0.2, -0.15) is 0 Å². The van der Waals surface area contributed by atoms with Gasteiger partial charge in [-0.25, -0.2) is 4.79 Å². The Morgan fingerprint density at radius 2 is 1.85 bits per heavy atom. The number of carbonyl (C=O) groups excluding carboxylic acids is 3. The summed E-state index contributed by atoms with van der Waals surface area (Å²) in [7, 11) is 1.31. The van der Waals surface area contributed by atoms with Crippen LogP contribution in [0, 0.1) is 19.8 Å². The van der Waals surface area contributed by atoms with Crippen molar-refractivity contribution in [3.05, 3.63) is 22.5 Å². The predicted octanol–water partition coefficient (Wildman–Crippen LogP) is 3.42. The van der Waals surface area contributed by atoms with Gasteiger partial charge in [-0.15, -0.1) is 0 Å². The van der Waals surface area contributed by atoms with Gasteiger partial charge in [0.2, 0.25) is 5.91 Å². The maximum atomic E-state index is 13.2. The maximum absolute atomic E-state index is 13.2. The topological polar surface area (TPSA) is 79.5 Å². The highest BCUT2D eigenvalue weighted by Crippen LogP contribution is 2.28. The molecule has 2 rings (SSSR count). The van der Waals surface area contributed by atoms with Gasteiger partial charge in [-0.3, -0.25) is 9.59 Å². The standard InChI is InChI=1S/C20H30N2O4/c1-6-11-22(19(24)15-9-7-8-10-15)14(4)18(23)16-12(2)17(20(25)26-5)21-13(16)3/h14-15,21H,6-11H2,1-5H3. The first-order valence-corrected chi connectivity index (χ1v) is 9.45. The monoisotopic (exact) mass is 362 g/mol. The molecule has 1 atom stereocenters. The molecule has 0 aromatic carbocycles. The molecule has 1 aliphatic carbocycles. The van der Waals surface area contributed by atoms with Crippen molar-refractivity contribution in [3.8, 4) is 0 Å². The number of nitrogens with one attached hydrogen (secondary N) is 1. The van der Waals surface area contributed by atoms with Gasteiger partial charge in [0.25, 0.3) is 0 Å². The van der Waals surface area contributed by atoms with Crippen LogP contribution in [0.25, 0.3) is 0 Å². The van der Waals surface area contributed by atoms with Crippen molar-refractivity contribution >= 4 is 17.7 Å². The molecule has 1 fully saturated rings. The van der Waals surface area contributed by atoms with E-state index in [1.807, 2.05) is 6.92 Å². The minimum absolute atomic E-state index is 0.0378. The Balaban J connectivity index is 2.30. The van der Waals surface area contributed by atoms with E-state index in [-0.39, 0.29) is 17.6 Å². The summed E-state index contributed by atoms with van der Waals surface area (Å²) >= 11 is 0. The van der Waals surface area contributed by atoms with E-state index in [0.29, 0.717) is 29.1 Å². The average Bonchev–Trinajstić information content (AvgIpc) is 3.25. The van der Waals surface area contributed by atoms with E-state index in [4.69, 9.17) is 4.74 Å². The number of nitrogens with zero attached hydrogens (tertiary/aromatic N) is 1. The molecule has 1 aromatic heterocycles. The molecule has 0 aliphatic heterocycles. The van der Waals surface area contributed by atoms with Crippen LogP contribution >= 0.6 is 0 Å². The van der Waals surface area contributed by atoms with E-state index >= 15 is 0 Å². The van der Waals surface area contributed by atoms with Crippen molar-refractivity contribution in [2.45, 2.75) is 65.8 Å². The lowest BCUT2D eigenvalue weighted by Gasteiger charge is -2.30.